The van der Waals surface area contributed by atoms with Crippen LogP contribution in [0, 0.1) is 5.92 Å². The van der Waals surface area contributed by atoms with Gasteiger partial charge in [0.05, 0.1) is 3.74 Å². The fourth-order valence-electron chi connectivity index (χ4n) is 4.65. The maximum absolute atomic E-state index is 7.41. The van der Waals surface area contributed by atoms with Crippen molar-refractivity contribution in [1.29, 1.82) is 0 Å². The molecular weight excluding hydrogens is 540 g/mol. The van der Waals surface area contributed by atoms with Gasteiger partial charge < -0.3 is 4.43 Å². The second kappa shape index (κ2) is 11.3. The van der Waals surface area contributed by atoms with Gasteiger partial charge in [0.1, 0.15) is 0 Å². The van der Waals surface area contributed by atoms with Crippen LogP contribution in [-0.2, 0) is 10.8 Å². The Labute approximate surface area is 212 Å². The molecule has 0 unspecified atom stereocenters. The molecule has 0 fully saturated rings. The Balaban J connectivity index is 2.06. The van der Waals surface area contributed by atoms with Crippen molar-refractivity contribution in [3.05, 3.63) is 96.6 Å². The lowest BCUT2D eigenvalue weighted by Crippen LogP contribution is -2.68. The second-order valence-corrected chi connectivity index (χ2v) is 17.3. The summed E-state index contributed by atoms with van der Waals surface area (Å²) in [5, 5.41) is 2.64. The van der Waals surface area contributed by atoms with E-state index in [4.69, 9.17) is 4.43 Å². The molecule has 0 aliphatic carbocycles. The van der Waals surface area contributed by atoms with Crippen molar-refractivity contribution in [2.75, 3.05) is 0 Å². The average molecular weight is 574 g/mol. The number of hydrogen-bond donors (Lipinski definition) is 0. The Morgan fingerprint density at radius 3 is 1.59 bits per heavy atom. The van der Waals surface area contributed by atoms with Gasteiger partial charge in [0.15, 0.2) is 0 Å². The molecule has 1 nitrogen and oxygen atoms in total. The van der Waals surface area contributed by atoms with Gasteiger partial charge in [-0.05, 0) is 46.7 Å². The van der Waals surface area contributed by atoms with E-state index < -0.39 is 8.32 Å². The summed E-state index contributed by atoms with van der Waals surface area (Å²) in [6.45, 7) is 9.30. The zero-order chi connectivity index (χ0) is 23.2. The second-order valence-electron chi connectivity index (χ2n) is 9.56. The summed E-state index contributed by atoms with van der Waals surface area (Å²) >= 11 is 7.48. The highest BCUT2D eigenvalue weighted by Crippen LogP contribution is 2.39. The van der Waals surface area contributed by atoms with Gasteiger partial charge in [0.2, 0.25) is 0 Å². The minimum atomic E-state index is -2.57. The Hall–Kier alpha value is -1.20. The van der Waals surface area contributed by atoms with Crippen LogP contribution in [0.3, 0.4) is 0 Å². The summed E-state index contributed by atoms with van der Waals surface area (Å²) in [5.41, 5.74) is 1.36. The van der Waals surface area contributed by atoms with Crippen molar-refractivity contribution in [1.82, 2.24) is 0 Å². The normalized spacial score (nSPS) is 14.3. The molecule has 0 saturated carbocycles. The van der Waals surface area contributed by atoms with Crippen molar-refractivity contribution in [3.8, 4) is 0 Å². The van der Waals surface area contributed by atoms with Crippen LogP contribution >= 0.6 is 31.9 Å². The monoisotopic (exact) mass is 572 g/mol. The van der Waals surface area contributed by atoms with E-state index >= 15 is 0 Å². The Morgan fingerprint density at radius 2 is 1.19 bits per heavy atom. The van der Waals surface area contributed by atoms with Crippen molar-refractivity contribution >= 4 is 50.6 Å². The minimum absolute atomic E-state index is 0.0243. The van der Waals surface area contributed by atoms with Crippen molar-refractivity contribution < 1.29 is 4.43 Å². The Kier molecular flexibility index (Phi) is 8.96. The Morgan fingerprint density at radius 1 is 0.750 bits per heavy atom. The third-order valence-corrected chi connectivity index (χ3v) is 12.1. The van der Waals surface area contributed by atoms with Gasteiger partial charge in [-0.3, -0.25) is 0 Å². The number of halogens is 2. The van der Waals surface area contributed by atoms with E-state index in [1.54, 1.807) is 0 Å². The molecule has 0 saturated heterocycles. The molecule has 0 N–H and O–H groups in total. The predicted molar refractivity (Wildman–Crippen MR) is 148 cm³/mol. The zero-order valence-corrected chi connectivity index (χ0v) is 23.6. The molecule has 0 heterocycles. The van der Waals surface area contributed by atoms with Crippen LogP contribution in [0.4, 0.5) is 0 Å². The van der Waals surface area contributed by atoms with Gasteiger partial charge in [-0.15, -0.1) is 0 Å². The maximum Gasteiger partial charge on any atom is 0.261 e. The van der Waals surface area contributed by atoms with Gasteiger partial charge in [-0.2, -0.15) is 0 Å². The van der Waals surface area contributed by atoms with Gasteiger partial charge in [-0.25, -0.2) is 0 Å². The van der Waals surface area contributed by atoms with E-state index in [0.29, 0.717) is 5.92 Å². The van der Waals surface area contributed by atoms with Crippen LogP contribution in [0.25, 0.3) is 0 Å². The molecule has 0 spiro atoms. The highest BCUT2D eigenvalue weighted by atomic mass is 79.9. The topological polar surface area (TPSA) is 9.23 Å². The van der Waals surface area contributed by atoms with E-state index in [2.05, 4.69) is 151 Å². The number of rotatable bonds is 9. The predicted octanol–water partition coefficient (Wildman–Crippen LogP) is 7.32. The lowest BCUT2D eigenvalue weighted by Gasteiger charge is -2.46. The fourth-order valence-corrected chi connectivity index (χ4v) is 10.4. The van der Waals surface area contributed by atoms with Gasteiger partial charge >= 0.3 is 0 Å². The molecule has 3 aromatic carbocycles. The quantitative estimate of drug-likeness (QED) is 0.192. The summed E-state index contributed by atoms with van der Waals surface area (Å²) in [4.78, 5) is 0. The standard InChI is InChI=1S/C28H34Br2OSi/c1-22(24(21-27(29)30)20-23-14-8-5-9-15-23)31-32(28(2,3)4,25-16-10-6-11-17-25)26-18-12-7-13-19-26/h5-19,22,24,27H,20-21H2,1-4H3/t22-,24+/m0/s1. The molecule has 170 valence electrons. The van der Waals surface area contributed by atoms with Gasteiger partial charge in [-0.1, -0.05) is 144 Å². The third-order valence-electron chi connectivity index (χ3n) is 6.26. The van der Waals surface area contributed by atoms with Crippen LogP contribution in [0.2, 0.25) is 5.04 Å². The lowest BCUT2D eigenvalue weighted by atomic mass is 9.92. The number of benzene rings is 3. The SMILES string of the molecule is C[C@H](O[Si](c1ccccc1)(c1ccccc1)C(C)(C)C)[C@H](Cc1ccccc1)CC(Br)Br. The first-order chi connectivity index (χ1) is 15.2. The molecule has 0 aliphatic rings. The molecule has 4 heteroatoms. The molecule has 0 aromatic heterocycles. The smallest absolute Gasteiger partial charge is 0.261 e. The van der Waals surface area contributed by atoms with Crippen molar-refractivity contribution in [3.63, 3.8) is 0 Å². The highest BCUT2D eigenvalue weighted by molar-refractivity contribution is 9.24. The Bertz CT molecular complexity index is 900. The molecule has 3 rings (SSSR count). The van der Waals surface area contributed by atoms with Gasteiger partial charge in [0, 0.05) is 6.10 Å². The highest BCUT2D eigenvalue weighted by Gasteiger charge is 2.51. The molecule has 0 amide bonds. The van der Waals surface area contributed by atoms with Crippen LogP contribution in [-0.4, -0.2) is 18.2 Å². The van der Waals surface area contributed by atoms with E-state index in [9.17, 15) is 0 Å². The minimum Gasteiger partial charge on any atom is -0.404 e. The first-order valence-corrected chi connectivity index (χ1v) is 15.1. The zero-order valence-electron chi connectivity index (χ0n) is 19.5. The summed E-state index contributed by atoms with van der Waals surface area (Å²) in [5.74, 6) is 0.378. The van der Waals surface area contributed by atoms with Crippen LogP contribution < -0.4 is 10.4 Å². The lowest BCUT2D eigenvalue weighted by molar-refractivity contribution is 0.136. The molecule has 32 heavy (non-hydrogen) atoms. The average Bonchev–Trinajstić information content (AvgIpc) is 2.77. The van der Waals surface area contributed by atoms with Crippen LogP contribution in [0.15, 0.2) is 91.0 Å². The maximum atomic E-state index is 7.41. The van der Waals surface area contributed by atoms with Crippen molar-refractivity contribution in [2.24, 2.45) is 5.92 Å². The largest absolute Gasteiger partial charge is 0.404 e. The fraction of sp³-hybridized carbons (Fsp3) is 0.357. The van der Waals surface area contributed by atoms with Crippen molar-refractivity contribution in [2.45, 2.75) is 55.4 Å². The molecule has 0 bridgehead atoms. The number of alkyl halides is 2. The summed E-state index contributed by atoms with van der Waals surface area (Å²) in [6, 6.07) is 32.6. The van der Waals surface area contributed by atoms with E-state index in [1.165, 1.54) is 15.9 Å². The van der Waals surface area contributed by atoms with Crippen LogP contribution in [0.1, 0.15) is 39.7 Å². The number of hydrogen-bond acceptors (Lipinski definition) is 1. The molecule has 0 aliphatic heterocycles. The summed E-state index contributed by atoms with van der Waals surface area (Å²) < 4.78 is 7.67. The van der Waals surface area contributed by atoms with E-state index in [1.807, 2.05) is 0 Å². The first-order valence-electron chi connectivity index (χ1n) is 11.3. The third kappa shape index (κ3) is 6.02. The first kappa shape index (κ1) is 25.4. The van der Waals surface area contributed by atoms with Crippen LogP contribution in [0.5, 0.6) is 0 Å². The molecule has 3 aromatic rings. The summed E-state index contributed by atoms with van der Waals surface area (Å²) in [6.07, 6.45) is 2.08. The van der Waals surface area contributed by atoms with E-state index in [0.717, 1.165) is 12.8 Å². The van der Waals surface area contributed by atoms with E-state index in [-0.39, 0.29) is 14.9 Å². The molecular formula is C28H34Br2OSi. The summed E-state index contributed by atoms with van der Waals surface area (Å²) in [7, 11) is -2.57. The van der Waals surface area contributed by atoms with Gasteiger partial charge in [0.25, 0.3) is 8.32 Å². The molecule has 2 atom stereocenters. The molecule has 0 radical (unpaired) electrons.